The molecule has 200 valence electrons. The SMILES string of the molecule is COCc1cc(C(C)(C)c2cc(COC)c(OC(=O)O)c(COC)c2)cc(COC)c1OCC(O)O. The first-order chi connectivity index (χ1) is 17.1. The summed E-state index contributed by atoms with van der Waals surface area (Å²) >= 11 is 0. The number of methoxy groups -OCH3 is 4. The van der Waals surface area contributed by atoms with Gasteiger partial charge in [-0.3, -0.25) is 0 Å². The normalized spacial score (nSPS) is 11.7. The second-order valence-corrected chi connectivity index (χ2v) is 8.76. The molecule has 0 radical (unpaired) electrons. The average Bonchev–Trinajstić information content (AvgIpc) is 2.80. The van der Waals surface area contributed by atoms with Gasteiger partial charge in [-0.25, -0.2) is 4.79 Å². The van der Waals surface area contributed by atoms with Gasteiger partial charge in [0.25, 0.3) is 0 Å². The van der Waals surface area contributed by atoms with E-state index in [4.69, 9.17) is 28.4 Å². The van der Waals surface area contributed by atoms with Crippen molar-refractivity contribution < 1.29 is 48.5 Å². The lowest BCUT2D eigenvalue weighted by Gasteiger charge is -2.30. The number of carboxylic acid groups (broad SMARTS) is 1. The standard InChI is InChI=1S/C26H36O10/c1-26(2,21-9-18(13-33-5)24(36-25(29)30)19(10-21)14-34-6)20-7-16(11-31-3)23(35-15-22(27)28)17(8-20)12-32-4/h7-10,22,27-28H,11-15H2,1-6H3,(H,29,30). The van der Waals surface area contributed by atoms with Gasteiger partial charge in [0.05, 0.1) is 26.4 Å². The summed E-state index contributed by atoms with van der Waals surface area (Å²) in [6.07, 6.45) is -3.05. The second-order valence-electron chi connectivity index (χ2n) is 8.76. The fraction of sp³-hybridized carbons (Fsp3) is 0.500. The van der Waals surface area contributed by atoms with Crippen LogP contribution in [0.2, 0.25) is 0 Å². The molecule has 0 saturated heterocycles. The highest BCUT2D eigenvalue weighted by Gasteiger charge is 2.29. The van der Waals surface area contributed by atoms with Crippen molar-refractivity contribution >= 4 is 6.16 Å². The maximum atomic E-state index is 11.3. The maximum absolute atomic E-state index is 11.3. The summed E-state index contributed by atoms with van der Waals surface area (Å²) in [6, 6.07) is 7.60. The van der Waals surface area contributed by atoms with Gasteiger partial charge in [-0.1, -0.05) is 13.8 Å². The largest absolute Gasteiger partial charge is 0.511 e. The van der Waals surface area contributed by atoms with E-state index < -0.39 is 17.9 Å². The van der Waals surface area contributed by atoms with Crippen molar-refractivity contribution in [1.82, 2.24) is 0 Å². The van der Waals surface area contributed by atoms with Crippen LogP contribution in [0.1, 0.15) is 47.2 Å². The highest BCUT2D eigenvalue weighted by Crippen LogP contribution is 2.40. The van der Waals surface area contributed by atoms with Crippen LogP contribution >= 0.6 is 0 Å². The molecule has 10 nitrogen and oxygen atoms in total. The first-order valence-corrected chi connectivity index (χ1v) is 11.3. The van der Waals surface area contributed by atoms with Gasteiger partial charge >= 0.3 is 6.16 Å². The molecule has 0 aromatic heterocycles. The topological polar surface area (TPSA) is 133 Å². The van der Waals surface area contributed by atoms with E-state index in [0.29, 0.717) is 16.9 Å². The Hall–Kier alpha value is -2.73. The van der Waals surface area contributed by atoms with Crippen LogP contribution in [0.3, 0.4) is 0 Å². The molecule has 2 aromatic rings. The Bertz CT molecular complexity index is 962. The third kappa shape index (κ3) is 7.39. The smallest absolute Gasteiger partial charge is 0.488 e. The van der Waals surface area contributed by atoms with Gasteiger partial charge in [-0.05, 0) is 35.4 Å². The summed E-state index contributed by atoms with van der Waals surface area (Å²) < 4.78 is 32.2. The third-order valence-corrected chi connectivity index (χ3v) is 5.69. The van der Waals surface area contributed by atoms with E-state index >= 15 is 0 Å². The summed E-state index contributed by atoms with van der Waals surface area (Å²) in [6.45, 7) is 4.51. The molecule has 0 amide bonds. The van der Waals surface area contributed by atoms with Crippen LogP contribution in [0.4, 0.5) is 4.79 Å². The molecule has 0 bridgehead atoms. The average molecular weight is 509 g/mol. The first-order valence-electron chi connectivity index (χ1n) is 11.3. The quantitative estimate of drug-likeness (QED) is 0.198. The lowest BCUT2D eigenvalue weighted by Crippen LogP contribution is -2.22. The van der Waals surface area contributed by atoms with Crippen molar-refractivity contribution in [2.45, 2.75) is 52.0 Å². The van der Waals surface area contributed by atoms with Crippen LogP contribution in [0.15, 0.2) is 24.3 Å². The molecule has 0 unspecified atom stereocenters. The van der Waals surface area contributed by atoms with Gasteiger partial charge in [0.15, 0.2) is 6.29 Å². The zero-order valence-corrected chi connectivity index (χ0v) is 21.6. The lowest BCUT2D eigenvalue weighted by molar-refractivity contribution is -0.0687. The monoisotopic (exact) mass is 508 g/mol. The van der Waals surface area contributed by atoms with Crippen molar-refractivity contribution in [3.63, 3.8) is 0 Å². The molecule has 3 N–H and O–H groups in total. The number of aliphatic hydroxyl groups is 2. The second kappa shape index (κ2) is 13.5. The van der Waals surface area contributed by atoms with Crippen molar-refractivity contribution in [2.24, 2.45) is 0 Å². The summed E-state index contributed by atoms with van der Waals surface area (Å²) in [4.78, 5) is 11.3. The minimum atomic E-state index is -1.63. The van der Waals surface area contributed by atoms with E-state index in [9.17, 15) is 20.1 Å². The number of carbonyl (C=O) groups is 1. The molecular formula is C26H36O10. The van der Waals surface area contributed by atoms with E-state index in [2.05, 4.69) is 0 Å². The van der Waals surface area contributed by atoms with Gasteiger partial charge in [0.2, 0.25) is 0 Å². The maximum Gasteiger partial charge on any atom is 0.511 e. The Morgan fingerprint density at radius 2 is 1.11 bits per heavy atom. The Morgan fingerprint density at radius 1 is 0.750 bits per heavy atom. The third-order valence-electron chi connectivity index (χ3n) is 5.69. The van der Waals surface area contributed by atoms with Gasteiger partial charge in [-0.2, -0.15) is 0 Å². The molecule has 0 aliphatic carbocycles. The van der Waals surface area contributed by atoms with Gasteiger partial charge in [0.1, 0.15) is 18.1 Å². The fourth-order valence-electron chi connectivity index (χ4n) is 4.01. The van der Waals surface area contributed by atoms with Gasteiger partial charge in [0, 0.05) is 56.1 Å². The predicted octanol–water partition coefficient (Wildman–Crippen LogP) is 3.34. The lowest BCUT2D eigenvalue weighted by atomic mass is 9.76. The zero-order chi connectivity index (χ0) is 26.9. The van der Waals surface area contributed by atoms with Crippen LogP contribution in [0, 0.1) is 0 Å². The van der Waals surface area contributed by atoms with E-state index in [-0.39, 0.29) is 38.8 Å². The molecule has 0 aliphatic rings. The Morgan fingerprint density at radius 3 is 1.42 bits per heavy atom. The van der Waals surface area contributed by atoms with E-state index in [1.807, 2.05) is 38.1 Å². The number of rotatable bonds is 14. The molecule has 0 aliphatic heterocycles. The van der Waals surface area contributed by atoms with Crippen LogP contribution in [-0.2, 0) is 50.8 Å². The van der Waals surface area contributed by atoms with Crippen molar-refractivity contribution in [1.29, 1.82) is 0 Å². The van der Waals surface area contributed by atoms with Crippen molar-refractivity contribution in [2.75, 3.05) is 35.0 Å². The highest BCUT2D eigenvalue weighted by atomic mass is 16.7. The number of hydrogen-bond donors (Lipinski definition) is 3. The molecule has 0 spiro atoms. The Balaban J connectivity index is 2.71. The molecule has 36 heavy (non-hydrogen) atoms. The number of aliphatic hydroxyl groups excluding tert-OH is 1. The highest BCUT2D eigenvalue weighted by molar-refractivity contribution is 5.64. The molecular weight excluding hydrogens is 472 g/mol. The number of hydrogen-bond acceptors (Lipinski definition) is 9. The van der Waals surface area contributed by atoms with Crippen LogP contribution in [0.25, 0.3) is 0 Å². The summed E-state index contributed by atoms with van der Waals surface area (Å²) in [5, 5.41) is 27.9. The molecule has 2 rings (SSSR count). The van der Waals surface area contributed by atoms with Crippen LogP contribution < -0.4 is 9.47 Å². The fourth-order valence-corrected chi connectivity index (χ4v) is 4.01. The Labute approximate surface area is 211 Å². The minimum Gasteiger partial charge on any atom is -0.488 e. The van der Waals surface area contributed by atoms with Gasteiger partial charge in [-0.15, -0.1) is 0 Å². The van der Waals surface area contributed by atoms with E-state index in [1.54, 1.807) is 14.2 Å². The molecule has 0 fully saturated rings. The van der Waals surface area contributed by atoms with Crippen LogP contribution in [0.5, 0.6) is 11.5 Å². The molecule has 0 saturated carbocycles. The summed E-state index contributed by atoms with van der Waals surface area (Å²) in [7, 11) is 6.17. The van der Waals surface area contributed by atoms with E-state index in [1.165, 1.54) is 14.2 Å². The number of ether oxygens (including phenoxy) is 6. The van der Waals surface area contributed by atoms with Gasteiger partial charge < -0.3 is 43.7 Å². The zero-order valence-electron chi connectivity index (χ0n) is 21.6. The van der Waals surface area contributed by atoms with Crippen molar-refractivity contribution in [3.05, 3.63) is 57.6 Å². The number of benzene rings is 2. The predicted molar refractivity (Wildman–Crippen MR) is 130 cm³/mol. The van der Waals surface area contributed by atoms with E-state index in [0.717, 1.165) is 22.3 Å². The minimum absolute atomic E-state index is 0.142. The summed E-state index contributed by atoms with van der Waals surface area (Å²) in [5.74, 6) is 0.661. The molecule has 2 aromatic carbocycles. The molecule has 10 heteroatoms. The van der Waals surface area contributed by atoms with Crippen molar-refractivity contribution in [3.8, 4) is 11.5 Å². The van der Waals surface area contributed by atoms with Crippen LogP contribution in [-0.4, -0.2) is 62.8 Å². The Kier molecular flexibility index (Phi) is 11.1. The molecule has 0 atom stereocenters. The first kappa shape index (κ1) is 29.5. The summed E-state index contributed by atoms with van der Waals surface area (Å²) in [5.41, 5.74) is 3.80. The molecule has 0 heterocycles.